The molecule has 3 N–H and O–H groups in total. The fourth-order valence-electron chi connectivity index (χ4n) is 5.03. The Morgan fingerprint density at radius 1 is 1.26 bits per heavy atom. The summed E-state index contributed by atoms with van der Waals surface area (Å²) in [6.07, 6.45) is 8.06. The van der Waals surface area contributed by atoms with E-state index in [1.54, 1.807) is 23.9 Å². The summed E-state index contributed by atoms with van der Waals surface area (Å²) in [6.45, 7) is 8.44. The molecule has 0 radical (unpaired) electrons. The van der Waals surface area contributed by atoms with Crippen molar-refractivity contribution in [1.29, 1.82) is 5.26 Å². The quantitative estimate of drug-likeness (QED) is 0.471. The van der Waals surface area contributed by atoms with Gasteiger partial charge in [0.15, 0.2) is 0 Å². The molecule has 1 fully saturated rings. The van der Waals surface area contributed by atoms with Crippen molar-refractivity contribution in [1.82, 2.24) is 10.2 Å². The minimum absolute atomic E-state index is 0.00748. The smallest absolute Gasteiger partial charge is 0.238 e. The van der Waals surface area contributed by atoms with Gasteiger partial charge in [-0.2, -0.15) is 5.26 Å². The molecule has 0 spiro atoms. The summed E-state index contributed by atoms with van der Waals surface area (Å²) in [7, 11) is -3.75. The molecule has 1 heterocycles. The van der Waals surface area contributed by atoms with Crippen LogP contribution in [0.1, 0.15) is 71.3 Å². The lowest BCUT2D eigenvalue weighted by Crippen LogP contribution is -2.50. The van der Waals surface area contributed by atoms with Gasteiger partial charge in [0.25, 0.3) is 0 Å². The first-order valence-corrected chi connectivity index (χ1v) is 14.8. The first-order chi connectivity index (χ1) is 16.5. The van der Waals surface area contributed by atoms with E-state index in [1.165, 1.54) is 54.7 Å². The molecule has 1 amide bonds. The number of rotatable bonds is 9. The van der Waals surface area contributed by atoms with Crippen molar-refractivity contribution in [3.05, 3.63) is 40.3 Å². The lowest BCUT2D eigenvalue weighted by atomic mass is 9.85. The molecule has 192 valence electrons. The number of amides is 1. The number of carbonyl (C=O) groups is 1. The van der Waals surface area contributed by atoms with Gasteiger partial charge in [0, 0.05) is 18.6 Å². The number of benzene rings is 1. The van der Waals surface area contributed by atoms with Gasteiger partial charge in [-0.05, 0) is 74.1 Å². The zero-order chi connectivity index (χ0) is 25.6. The van der Waals surface area contributed by atoms with Crippen LogP contribution in [0.5, 0.6) is 0 Å². The average Bonchev–Trinajstić information content (AvgIpc) is 2.77. The van der Waals surface area contributed by atoms with Gasteiger partial charge in [-0.1, -0.05) is 31.4 Å². The second-order valence-electron chi connectivity index (χ2n) is 10.4. The normalized spacial score (nSPS) is 20.3. The zero-order valence-corrected chi connectivity index (χ0v) is 22.7. The number of hydrogen-bond donors (Lipinski definition) is 2. The highest BCUT2D eigenvalue weighted by atomic mass is 32.2. The molecule has 1 unspecified atom stereocenters. The van der Waals surface area contributed by atoms with E-state index in [2.05, 4.69) is 30.1 Å². The highest BCUT2D eigenvalue weighted by Crippen LogP contribution is 2.40. The van der Waals surface area contributed by atoms with Crippen LogP contribution in [0.25, 0.3) is 0 Å². The number of nitrogens with zero attached hydrogens (tertiary/aromatic N) is 2. The van der Waals surface area contributed by atoms with Crippen LogP contribution in [0, 0.1) is 17.2 Å². The summed E-state index contributed by atoms with van der Waals surface area (Å²) in [5.74, 6) is 0.614. The number of nitriles is 1. The van der Waals surface area contributed by atoms with Crippen LogP contribution >= 0.6 is 11.8 Å². The fourth-order valence-corrected chi connectivity index (χ4v) is 6.91. The molecule has 1 atom stereocenters. The van der Waals surface area contributed by atoms with Crippen LogP contribution in [0.4, 0.5) is 0 Å². The Morgan fingerprint density at radius 3 is 2.51 bits per heavy atom. The van der Waals surface area contributed by atoms with E-state index in [1.807, 2.05) is 6.92 Å². The molecule has 7 nitrogen and oxygen atoms in total. The van der Waals surface area contributed by atoms with E-state index in [4.69, 9.17) is 5.14 Å². The molecule has 2 aliphatic rings. The Balaban J connectivity index is 1.61. The lowest BCUT2D eigenvalue weighted by Gasteiger charge is -2.46. The van der Waals surface area contributed by atoms with Crippen molar-refractivity contribution in [2.75, 3.05) is 13.1 Å². The average molecular weight is 519 g/mol. The number of nitrogens with one attached hydrogen (secondary N) is 1. The second-order valence-corrected chi connectivity index (χ2v) is 13.4. The molecule has 1 aliphatic heterocycles. The third-order valence-corrected chi connectivity index (χ3v) is 9.14. The third-order valence-electron chi connectivity index (χ3n) is 7.02. The highest BCUT2D eigenvalue weighted by molar-refractivity contribution is 8.03. The Bertz CT molecular complexity index is 1070. The van der Waals surface area contributed by atoms with Crippen LogP contribution in [0.2, 0.25) is 0 Å². The number of hydrogen-bond acceptors (Lipinski definition) is 6. The number of carbonyl (C=O) groups excluding carboxylic acids is 1. The minimum atomic E-state index is -3.75. The summed E-state index contributed by atoms with van der Waals surface area (Å²) in [6, 6.07) is 8.39. The lowest BCUT2D eigenvalue weighted by molar-refractivity contribution is -0.120. The van der Waals surface area contributed by atoms with Crippen LogP contribution in [0.15, 0.2) is 39.6 Å². The summed E-state index contributed by atoms with van der Waals surface area (Å²) in [5.41, 5.74) is 1.90. The molecule has 0 bridgehead atoms. The maximum absolute atomic E-state index is 12.6. The summed E-state index contributed by atoms with van der Waals surface area (Å²) in [5, 5.41) is 17.5. The van der Waals surface area contributed by atoms with E-state index >= 15 is 0 Å². The fraction of sp³-hybridized carbons (Fsp3) is 0.615. The summed E-state index contributed by atoms with van der Waals surface area (Å²) < 4.78 is 22.8. The topological polar surface area (TPSA) is 116 Å². The monoisotopic (exact) mass is 518 g/mol. The standard InChI is InChI=1S/C26H38N4O3S2/c1-19(29-25(31)15-20-9-11-23(12-10-20)35(28,32)33)34-24-16-26(2,3)30(18-22(24)13-14-27)17-21-7-5-4-6-8-21/h9-12,19,21H,4-8,13,15-18H2,1-3H3,(H,29,31)(H2,28,32,33). The molecular weight excluding hydrogens is 480 g/mol. The molecule has 9 heteroatoms. The van der Waals surface area contributed by atoms with Gasteiger partial charge < -0.3 is 5.32 Å². The van der Waals surface area contributed by atoms with Crippen LogP contribution < -0.4 is 10.5 Å². The summed E-state index contributed by atoms with van der Waals surface area (Å²) >= 11 is 1.64. The van der Waals surface area contributed by atoms with Crippen molar-refractivity contribution in [3.63, 3.8) is 0 Å². The molecule has 0 aromatic heterocycles. The van der Waals surface area contributed by atoms with E-state index < -0.39 is 10.0 Å². The highest BCUT2D eigenvalue weighted by Gasteiger charge is 2.36. The SMILES string of the molecule is CC(NC(=O)Cc1ccc(S(N)(=O)=O)cc1)SC1=C(CC#N)CN(CC2CCCCC2)C(C)(C)C1. The van der Waals surface area contributed by atoms with Crippen molar-refractivity contribution < 1.29 is 13.2 Å². The molecular formula is C26H38N4O3S2. The number of thioether (sulfide) groups is 1. The molecule has 1 aromatic rings. The molecule has 1 aliphatic carbocycles. The van der Waals surface area contributed by atoms with Crippen molar-refractivity contribution in [3.8, 4) is 6.07 Å². The Hall–Kier alpha value is -1.86. The first-order valence-electron chi connectivity index (χ1n) is 12.4. The zero-order valence-electron chi connectivity index (χ0n) is 21.0. The molecule has 35 heavy (non-hydrogen) atoms. The molecule has 3 rings (SSSR count). The third kappa shape index (κ3) is 8.07. The van der Waals surface area contributed by atoms with Crippen LogP contribution in [-0.2, 0) is 21.2 Å². The van der Waals surface area contributed by atoms with Crippen LogP contribution in [-0.4, -0.2) is 43.2 Å². The van der Waals surface area contributed by atoms with Gasteiger partial charge in [-0.15, -0.1) is 11.8 Å². The van der Waals surface area contributed by atoms with Gasteiger partial charge in [0.1, 0.15) is 0 Å². The van der Waals surface area contributed by atoms with Gasteiger partial charge in [0.2, 0.25) is 15.9 Å². The maximum Gasteiger partial charge on any atom is 0.238 e. The van der Waals surface area contributed by atoms with Gasteiger partial charge >= 0.3 is 0 Å². The van der Waals surface area contributed by atoms with Crippen molar-refractivity contribution >= 4 is 27.7 Å². The van der Waals surface area contributed by atoms with Gasteiger partial charge in [-0.25, -0.2) is 13.6 Å². The van der Waals surface area contributed by atoms with Gasteiger partial charge in [-0.3, -0.25) is 9.69 Å². The van der Waals surface area contributed by atoms with Gasteiger partial charge in [0.05, 0.1) is 29.2 Å². The number of sulfonamides is 1. The Labute approximate surface area is 214 Å². The first kappa shape index (κ1) is 27.7. The second kappa shape index (κ2) is 11.9. The van der Waals surface area contributed by atoms with E-state index in [-0.39, 0.29) is 28.1 Å². The van der Waals surface area contributed by atoms with Crippen molar-refractivity contribution in [2.45, 2.75) is 87.9 Å². The van der Waals surface area contributed by atoms with E-state index in [9.17, 15) is 18.5 Å². The van der Waals surface area contributed by atoms with Crippen molar-refractivity contribution in [2.24, 2.45) is 11.1 Å². The van der Waals surface area contributed by atoms with Crippen LogP contribution in [0.3, 0.4) is 0 Å². The summed E-state index contributed by atoms with van der Waals surface area (Å²) in [4.78, 5) is 16.4. The maximum atomic E-state index is 12.6. The number of primary sulfonamides is 1. The largest absolute Gasteiger partial charge is 0.344 e. The Kier molecular flexibility index (Phi) is 9.44. The predicted octanol–water partition coefficient (Wildman–Crippen LogP) is 4.30. The van der Waals surface area contributed by atoms with E-state index in [0.717, 1.165) is 25.4 Å². The van der Waals surface area contributed by atoms with E-state index in [0.29, 0.717) is 12.0 Å². The predicted molar refractivity (Wildman–Crippen MR) is 141 cm³/mol. The minimum Gasteiger partial charge on any atom is -0.344 e. The molecule has 0 saturated heterocycles. The Morgan fingerprint density at radius 2 is 1.91 bits per heavy atom. The molecule has 1 saturated carbocycles. The molecule has 1 aromatic carbocycles. The number of nitrogens with two attached hydrogens (primary N) is 1.